The van der Waals surface area contributed by atoms with Crippen LogP contribution in [0.5, 0.6) is 5.75 Å². The van der Waals surface area contributed by atoms with Gasteiger partial charge in [0.1, 0.15) is 5.75 Å². The fourth-order valence-corrected chi connectivity index (χ4v) is 1.81. The Hall–Kier alpha value is -1.03. The van der Waals surface area contributed by atoms with Gasteiger partial charge >= 0.3 is 5.97 Å². The number of hydrogen-bond acceptors (Lipinski definition) is 2. The van der Waals surface area contributed by atoms with Gasteiger partial charge < -0.3 is 10.2 Å². The number of carbonyl (C=O) groups is 1. The number of phenolic OH excluding ortho intramolecular Hbond substituents is 1. The molecule has 0 bridgehead atoms. The number of rotatable bonds is 3. The molecule has 82 valence electrons. The summed E-state index contributed by atoms with van der Waals surface area (Å²) in [5.41, 5.74) is 1.59. The molecule has 1 rings (SSSR count). The molecule has 0 heterocycles. The predicted octanol–water partition coefficient (Wildman–Crippen LogP) is 3.04. The lowest BCUT2D eigenvalue weighted by Gasteiger charge is -2.13. The second-order valence-electron chi connectivity index (χ2n) is 3.66. The highest BCUT2D eigenvalue weighted by atomic mass is 79.9. The van der Waals surface area contributed by atoms with Crippen molar-refractivity contribution in [2.75, 3.05) is 0 Å². The third-order valence-electron chi connectivity index (χ3n) is 2.32. The number of phenols is 1. The van der Waals surface area contributed by atoms with E-state index in [1.807, 2.05) is 6.92 Å². The van der Waals surface area contributed by atoms with Crippen molar-refractivity contribution in [2.45, 2.75) is 26.2 Å². The van der Waals surface area contributed by atoms with Gasteiger partial charge in [-0.25, -0.2) is 0 Å². The molecule has 0 aliphatic heterocycles. The second-order valence-corrected chi connectivity index (χ2v) is 4.51. The summed E-state index contributed by atoms with van der Waals surface area (Å²) in [6, 6.07) is 3.41. The van der Waals surface area contributed by atoms with Crippen molar-refractivity contribution in [1.82, 2.24) is 0 Å². The standard InChI is InChI=1S/C11H13BrO3/c1-6(4-11(14)15)8-5-9(12)7(2)3-10(8)13/h3,5-6,13H,4H2,1-2H3,(H,14,15). The van der Waals surface area contributed by atoms with E-state index in [-0.39, 0.29) is 18.1 Å². The number of carboxylic acids is 1. The van der Waals surface area contributed by atoms with Crippen molar-refractivity contribution in [3.63, 3.8) is 0 Å². The summed E-state index contributed by atoms with van der Waals surface area (Å²) in [6.07, 6.45) is 0.0169. The summed E-state index contributed by atoms with van der Waals surface area (Å²) >= 11 is 3.36. The molecule has 1 aromatic rings. The van der Waals surface area contributed by atoms with Gasteiger partial charge in [-0.15, -0.1) is 0 Å². The Balaban J connectivity index is 3.03. The smallest absolute Gasteiger partial charge is 0.303 e. The second kappa shape index (κ2) is 4.66. The van der Waals surface area contributed by atoms with Crippen LogP contribution in [-0.4, -0.2) is 16.2 Å². The van der Waals surface area contributed by atoms with Gasteiger partial charge in [-0.3, -0.25) is 4.79 Å². The molecule has 15 heavy (non-hydrogen) atoms. The third-order valence-corrected chi connectivity index (χ3v) is 3.17. The van der Waals surface area contributed by atoms with E-state index in [0.717, 1.165) is 10.0 Å². The highest BCUT2D eigenvalue weighted by Crippen LogP contribution is 2.32. The van der Waals surface area contributed by atoms with Gasteiger partial charge in [0, 0.05) is 4.47 Å². The molecular formula is C11H13BrO3. The molecule has 0 fully saturated rings. The number of benzene rings is 1. The summed E-state index contributed by atoms with van der Waals surface area (Å²) in [5, 5.41) is 18.4. The first-order valence-corrected chi connectivity index (χ1v) is 5.42. The molecule has 0 aliphatic carbocycles. The van der Waals surface area contributed by atoms with Crippen molar-refractivity contribution in [3.05, 3.63) is 27.7 Å². The van der Waals surface area contributed by atoms with Crippen LogP contribution in [0.3, 0.4) is 0 Å². The number of carboxylic acid groups (broad SMARTS) is 1. The molecular weight excluding hydrogens is 260 g/mol. The highest BCUT2D eigenvalue weighted by molar-refractivity contribution is 9.10. The van der Waals surface area contributed by atoms with Gasteiger partial charge in [-0.2, -0.15) is 0 Å². The third kappa shape index (κ3) is 2.96. The zero-order chi connectivity index (χ0) is 11.6. The topological polar surface area (TPSA) is 57.5 Å². The summed E-state index contributed by atoms with van der Waals surface area (Å²) in [4.78, 5) is 10.6. The minimum absolute atomic E-state index is 0.0169. The normalized spacial score (nSPS) is 12.5. The molecule has 0 spiro atoms. The van der Waals surface area contributed by atoms with Crippen LogP contribution >= 0.6 is 15.9 Å². The zero-order valence-corrected chi connectivity index (χ0v) is 10.2. The molecule has 0 saturated carbocycles. The van der Waals surface area contributed by atoms with E-state index < -0.39 is 5.97 Å². The molecule has 1 aromatic carbocycles. The molecule has 1 atom stereocenters. The van der Waals surface area contributed by atoms with E-state index in [0.29, 0.717) is 5.56 Å². The molecule has 0 saturated heterocycles. The Bertz CT molecular complexity index is 388. The molecule has 0 aromatic heterocycles. The first-order chi connectivity index (χ1) is 6.91. The minimum Gasteiger partial charge on any atom is -0.508 e. The maximum Gasteiger partial charge on any atom is 0.303 e. The minimum atomic E-state index is -0.862. The molecule has 2 N–H and O–H groups in total. The maximum atomic E-state index is 10.6. The maximum absolute atomic E-state index is 10.6. The van der Waals surface area contributed by atoms with Crippen LogP contribution in [-0.2, 0) is 4.79 Å². The lowest BCUT2D eigenvalue weighted by Crippen LogP contribution is -2.03. The molecule has 4 heteroatoms. The Labute approximate surface area is 96.9 Å². The van der Waals surface area contributed by atoms with Crippen LogP contribution in [0.2, 0.25) is 0 Å². The average Bonchev–Trinajstić information content (AvgIpc) is 2.09. The average molecular weight is 273 g/mol. The Morgan fingerprint density at radius 1 is 1.53 bits per heavy atom. The van der Waals surface area contributed by atoms with E-state index in [2.05, 4.69) is 15.9 Å². The van der Waals surface area contributed by atoms with Gasteiger partial charge in [0.15, 0.2) is 0 Å². The van der Waals surface area contributed by atoms with E-state index >= 15 is 0 Å². The quantitative estimate of drug-likeness (QED) is 0.889. The van der Waals surface area contributed by atoms with Crippen molar-refractivity contribution in [2.24, 2.45) is 0 Å². The number of aryl methyl sites for hydroxylation is 1. The van der Waals surface area contributed by atoms with E-state index in [9.17, 15) is 9.90 Å². The van der Waals surface area contributed by atoms with Crippen LogP contribution < -0.4 is 0 Å². The molecule has 3 nitrogen and oxygen atoms in total. The largest absolute Gasteiger partial charge is 0.508 e. The lowest BCUT2D eigenvalue weighted by molar-refractivity contribution is -0.137. The first-order valence-electron chi connectivity index (χ1n) is 4.62. The Morgan fingerprint density at radius 3 is 2.67 bits per heavy atom. The number of hydrogen-bond donors (Lipinski definition) is 2. The van der Waals surface area contributed by atoms with Gasteiger partial charge in [0.2, 0.25) is 0 Å². The van der Waals surface area contributed by atoms with Crippen LogP contribution in [0.15, 0.2) is 16.6 Å². The molecule has 0 aliphatic rings. The zero-order valence-electron chi connectivity index (χ0n) is 8.62. The Morgan fingerprint density at radius 2 is 2.13 bits per heavy atom. The van der Waals surface area contributed by atoms with Crippen molar-refractivity contribution in [1.29, 1.82) is 0 Å². The van der Waals surface area contributed by atoms with Crippen molar-refractivity contribution < 1.29 is 15.0 Å². The van der Waals surface area contributed by atoms with Crippen LogP contribution in [0, 0.1) is 6.92 Å². The fourth-order valence-electron chi connectivity index (χ4n) is 1.45. The van der Waals surface area contributed by atoms with E-state index in [1.165, 1.54) is 0 Å². The SMILES string of the molecule is Cc1cc(O)c(C(C)CC(=O)O)cc1Br. The van der Waals surface area contributed by atoms with Crippen LogP contribution in [0.1, 0.15) is 30.4 Å². The van der Waals surface area contributed by atoms with Gasteiger partial charge in [-0.05, 0) is 36.1 Å². The van der Waals surface area contributed by atoms with Crippen molar-refractivity contribution >= 4 is 21.9 Å². The molecule has 0 amide bonds. The number of aliphatic carboxylic acids is 1. The molecule has 1 unspecified atom stereocenters. The Kier molecular flexibility index (Phi) is 3.74. The lowest BCUT2D eigenvalue weighted by atomic mass is 9.96. The van der Waals surface area contributed by atoms with E-state index in [1.54, 1.807) is 19.1 Å². The number of aromatic hydroxyl groups is 1. The van der Waals surface area contributed by atoms with Gasteiger partial charge in [-0.1, -0.05) is 22.9 Å². The number of halogens is 1. The van der Waals surface area contributed by atoms with Crippen LogP contribution in [0.4, 0.5) is 0 Å². The summed E-state index contributed by atoms with van der Waals surface area (Å²) < 4.78 is 0.882. The summed E-state index contributed by atoms with van der Waals surface area (Å²) in [7, 11) is 0. The van der Waals surface area contributed by atoms with Gasteiger partial charge in [0.25, 0.3) is 0 Å². The monoisotopic (exact) mass is 272 g/mol. The summed E-state index contributed by atoms with van der Waals surface area (Å²) in [5.74, 6) is -0.901. The first kappa shape index (κ1) is 12.0. The van der Waals surface area contributed by atoms with Crippen molar-refractivity contribution in [3.8, 4) is 5.75 Å². The fraction of sp³-hybridized carbons (Fsp3) is 0.364. The van der Waals surface area contributed by atoms with Gasteiger partial charge in [0.05, 0.1) is 6.42 Å². The molecule has 0 radical (unpaired) electrons. The highest BCUT2D eigenvalue weighted by Gasteiger charge is 2.15. The predicted molar refractivity (Wildman–Crippen MR) is 61.2 cm³/mol. The van der Waals surface area contributed by atoms with E-state index in [4.69, 9.17) is 5.11 Å². The van der Waals surface area contributed by atoms with Crippen LogP contribution in [0.25, 0.3) is 0 Å². The summed E-state index contributed by atoms with van der Waals surface area (Å²) in [6.45, 7) is 3.65.